The molecule has 0 aliphatic carbocycles. The van der Waals surface area contributed by atoms with E-state index in [0.29, 0.717) is 5.92 Å². The van der Waals surface area contributed by atoms with E-state index < -0.39 is 0 Å². The van der Waals surface area contributed by atoms with Gasteiger partial charge in [0, 0.05) is 26.3 Å². The van der Waals surface area contributed by atoms with Gasteiger partial charge in [-0.25, -0.2) is 4.98 Å². The van der Waals surface area contributed by atoms with E-state index >= 15 is 0 Å². The van der Waals surface area contributed by atoms with Crippen LogP contribution in [-0.4, -0.2) is 43.1 Å². The molecule has 0 unspecified atom stereocenters. The maximum absolute atomic E-state index is 4.65. The zero-order chi connectivity index (χ0) is 16.0. The fourth-order valence-electron chi connectivity index (χ4n) is 2.33. The van der Waals surface area contributed by atoms with Gasteiger partial charge in [0.15, 0.2) is 0 Å². The molecular weight excluding hydrogens is 258 g/mol. The highest BCUT2D eigenvalue weighted by molar-refractivity contribution is 5.39. The molecule has 0 bridgehead atoms. The molecule has 0 saturated carbocycles. The third-order valence-corrected chi connectivity index (χ3v) is 4.61. The molecule has 0 saturated heterocycles. The number of aromatic nitrogens is 1. The first-order valence-electron chi connectivity index (χ1n) is 8.19. The number of rotatable bonds is 7. The normalized spacial score (nSPS) is 13.5. The quantitative estimate of drug-likeness (QED) is 0.756. The van der Waals surface area contributed by atoms with Gasteiger partial charge in [-0.1, -0.05) is 47.6 Å². The van der Waals surface area contributed by atoms with Crippen molar-refractivity contribution in [1.29, 1.82) is 0 Å². The van der Waals surface area contributed by atoms with Crippen molar-refractivity contribution >= 4 is 5.82 Å². The molecule has 0 aliphatic rings. The summed E-state index contributed by atoms with van der Waals surface area (Å²) in [4.78, 5) is 9.33. The van der Waals surface area contributed by atoms with Crippen LogP contribution < -0.4 is 4.90 Å². The number of hydrogen-bond acceptors (Lipinski definition) is 3. The standard InChI is InChI=1S/C18H33N3/c1-8-21(9-2)13-12-20(7)17-11-10-16(14-19-17)15(3)18(4,5)6/h10-11,14-15H,8-9,12-13H2,1-7H3/t15-/m1/s1. The highest BCUT2D eigenvalue weighted by Gasteiger charge is 2.21. The van der Waals surface area contributed by atoms with Gasteiger partial charge in [0.05, 0.1) is 0 Å². The molecule has 1 heterocycles. The Labute approximate surface area is 131 Å². The van der Waals surface area contributed by atoms with Gasteiger partial charge >= 0.3 is 0 Å². The minimum Gasteiger partial charge on any atom is -0.358 e. The first kappa shape index (κ1) is 18.0. The Bertz CT molecular complexity index is 401. The van der Waals surface area contributed by atoms with Crippen LogP contribution in [0.15, 0.2) is 18.3 Å². The van der Waals surface area contributed by atoms with Crippen molar-refractivity contribution in [2.75, 3.05) is 38.1 Å². The third kappa shape index (κ3) is 5.31. The Hall–Kier alpha value is -1.09. The van der Waals surface area contributed by atoms with Crippen LogP contribution in [0.1, 0.15) is 53.0 Å². The molecule has 0 spiro atoms. The second-order valence-corrected chi connectivity index (χ2v) is 6.99. The maximum atomic E-state index is 4.65. The van der Waals surface area contributed by atoms with Crippen LogP contribution in [-0.2, 0) is 0 Å². The largest absolute Gasteiger partial charge is 0.358 e. The molecule has 0 fully saturated rings. The second-order valence-electron chi connectivity index (χ2n) is 6.99. The first-order chi connectivity index (χ1) is 9.79. The van der Waals surface area contributed by atoms with E-state index in [-0.39, 0.29) is 5.41 Å². The van der Waals surface area contributed by atoms with Crippen molar-refractivity contribution < 1.29 is 0 Å². The zero-order valence-corrected chi connectivity index (χ0v) is 15.0. The molecule has 21 heavy (non-hydrogen) atoms. The smallest absolute Gasteiger partial charge is 0.128 e. The van der Waals surface area contributed by atoms with Crippen LogP contribution in [0.2, 0.25) is 0 Å². The van der Waals surface area contributed by atoms with Gasteiger partial charge in [-0.05, 0) is 36.1 Å². The molecule has 1 aromatic heterocycles. The fraction of sp³-hybridized carbons (Fsp3) is 0.722. The van der Waals surface area contributed by atoms with E-state index in [1.54, 1.807) is 0 Å². The first-order valence-corrected chi connectivity index (χ1v) is 8.19. The summed E-state index contributed by atoms with van der Waals surface area (Å²) >= 11 is 0. The molecule has 120 valence electrons. The Morgan fingerprint density at radius 2 is 1.71 bits per heavy atom. The molecule has 0 radical (unpaired) electrons. The monoisotopic (exact) mass is 291 g/mol. The zero-order valence-electron chi connectivity index (χ0n) is 15.0. The van der Waals surface area contributed by atoms with Gasteiger partial charge in [-0.3, -0.25) is 0 Å². The van der Waals surface area contributed by atoms with Gasteiger partial charge in [0.2, 0.25) is 0 Å². The summed E-state index contributed by atoms with van der Waals surface area (Å²) in [5.41, 5.74) is 1.60. The number of likely N-dealkylation sites (N-methyl/N-ethyl adjacent to an activating group) is 2. The van der Waals surface area contributed by atoms with Crippen molar-refractivity contribution in [3.05, 3.63) is 23.9 Å². The highest BCUT2D eigenvalue weighted by Crippen LogP contribution is 2.34. The van der Waals surface area contributed by atoms with Gasteiger partial charge < -0.3 is 9.80 Å². The molecule has 0 N–H and O–H groups in total. The van der Waals surface area contributed by atoms with E-state index in [0.717, 1.165) is 32.0 Å². The van der Waals surface area contributed by atoms with Gasteiger partial charge in [-0.2, -0.15) is 0 Å². The molecule has 1 aromatic rings. The van der Waals surface area contributed by atoms with Crippen LogP contribution in [0, 0.1) is 5.41 Å². The maximum Gasteiger partial charge on any atom is 0.128 e. The molecule has 0 amide bonds. The van der Waals surface area contributed by atoms with E-state index in [1.807, 2.05) is 6.20 Å². The van der Waals surface area contributed by atoms with Crippen LogP contribution >= 0.6 is 0 Å². The molecule has 1 atom stereocenters. The van der Waals surface area contributed by atoms with E-state index in [4.69, 9.17) is 0 Å². The Kier molecular flexibility index (Phi) is 6.66. The van der Waals surface area contributed by atoms with E-state index in [2.05, 4.69) is 75.5 Å². The second kappa shape index (κ2) is 7.79. The fourth-order valence-corrected chi connectivity index (χ4v) is 2.33. The van der Waals surface area contributed by atoms with Crippen LogP contribution in [0.4, 0.5) is 5.82 Å². The predicted octanol–water partition coefficient (Wildman–Crippen LogP) is 4.01. The minimum absolute atomic E-state index is 0.276. The van der Waals surface area contributed by atoms with E-state index in [1.165, 1.54) is 5.56 Å². The molecule has 0 aliphatic heterocycles. The molecule has 3 heteroatoms. The van der Waals surface area contributed by atoms with Crippen molar-refractivity contribution in [3.63, 3.8) is 0 Å². The number of anilines is 1. The number of hydrogen-bond donors (Lipinski definition) is 0. The Balaban J connectivity index is 2.65. The van der Waals surface area contributed by atoms with Crippen molar-refractivity contribution in [3.8, 4) is 0 Å². The molecular formula is C18H33N3. The van der Waals surface area contributed by atoms with E-state index in [9.17, 15) is 0 Å². The van der Waals surface area contributed by atoms with Gasteiger partial charge in [0.1, 0.15) is 5.82 Å². The lowest BCUT2D eigenvalue weighted by molar-refractivity contribution is 0.311. The topological polar surface area (TPSA) is 19.4 Å². The third-order valence-electron chi connectivity index (χ3n) is 4.61. The lowest BCUT2D eigenvalue weighted by Gasteiger charge is -2.28. The van der Waals surface area contributed by atoms with Crippen LogP contribution in [0.25, 0.3) is 0 Å². The van der Waals surface area contributed by atoms with Gasteiger partial charge in [0.25, 0.3) is 0 Å². The Morgan fingerprint density at radius 1 is 1.10 bits per heavy atom. The summed E-state index contributed by atoms with van der Waals surface area (Å²) in [5, 5.41) is 0. The van der Waals surface area contributed by atoms with Crippen molar-refractivity contribution in [1.82, 2.24) is 9.88 Å². The summed E-state index contributed by atoms with van der Waals surface area (Å²) in [6, 6.07) is 4.38. The summed E-state index contributed by atoms with van der Waals surface area (Å²) in [5.74, 6) is 1.58. The van der Waals surface area contributed by atoms with Crippen molar-refractivity contribution in [2.24, 2.45) is 5.41 Å². The number of nitrogens with zero attached hydrogens (tertiary/aromatic N) is 3. The minimum atomic E-state index is 0.276. The number of pyridine rings is 1. The summed E-state index contributed by atoms with van der Waals surface area (Å²) in [6.07, 6.45) is 2.04. The van der Waals surface area contributed by atoms with Gasteiger partial charge in [-0.15, -0.1) is 0 Å². The molecule has 0 aromatic carbocycles. The summed E-state index contributed by atoms with van der Waals surface area (Å²) in [7, 11) is 2.12. The summed E-state index contributed by atoms with van der Waals surface area (Å²) in [6.45, 7) is 17.9. The predicted molar refractivity (Wildman–Crippen MR) is 93.2 cm³/mol. The highest BCUT2D eigenvalue weighted by atomic mass is 15.2. The van der Waals surface area contributed by atoms with Crippen molar-refractivity contribution in [2.45, 2.75) is 47.5 Å². The average Bonchev–Trinajstić information content (AvgIpc) is 2.46. The summed E-state index contributed by atoms with van der Waals surface area (Å²) < 4.78 is 0. The molecule has 1 rings (SSSR count). The molecule has 3 nitrogen and oxygen atoms in total. The lowest BCUT2D eigenvalue weighted by atomic mass is 9.78. The average molecular weight is 291 g/mol. The Morgan fingerprint density at radius 3 is 2.14 bits per heavy atom. The van der Waals surface area contributed by atoms with Crippen LogP contribution in [0.3, 0.4) is 0 Å². The lowest BCUT2D eigenvalue weighted by Crippen LogP contribution is -2.33. The van der Waals surface area contributed by atoms with Crippen LogP contribution in [0.5, 0.6) is 0 Å². The SMILES string of the molecule is CCN(CC)CCN(C)c1ccc([C@@H](C)C(C)(C)C)cn1.